The molecule has 0 spiro atoms. The van der Waals surface area contributed by atoms with Crippen LogP contribution in [0, 0.1) is 13.8 Å². The van der Waals surface area contributed by atoms with Crippen molar-refractivity contribution in [3.05, 3.63) is 65.2 Å². The van der Waals surface area contributed by atoms with Crippen LogP contribution < -0.4 is 4.90 Å². The molecule has 1 fully saturated rings. The molecular weight excluding hydrogens is 270 g/mol. The highest BCUT2D eigenvalue weighted by Crippen LogP contribution is 2.17. The summed E-state index contributed by atoms with van der Waals surface area (Å²) in [5.74, 6) is 0. The zero-order valence-electron chi connectivity index (χ0n) is 13.4. The van der Waals surface area contributed by atoms with Gasteiger partial charge in [-0.1, -0.05) is 47.5 Å². The standard InChI is InChI=1S/C19H23N3/c1-16-3-7-18(8-4-16)15-20-22-13-11-21(12-14-22)19-9-5-17(2)6-10-19/h3-10,15H,11-14H2,1-2H3. The van der Waals surface area contributed by atoms with Crippen molar-refractivity contribution in [1.29, 1.82) is 0 Å². The van der Waals surface area contributed by atoms with Crippen molar-refractivity contribution in [2.45, 2.75) is 13.8 Å². The lowest BCUT2D eigenvalue weighted by molar-refractivity contribution is 0.272. The van der Waals surface area contributed by atoms with E-state index in [2.05, 4.69) is 77.4 Å². The number of benzene rings is 2. The maximum atomic E-state index is 4.61. The van der Waals surface area contributed by atoms with Crippen molar-refractivity contribution in [1.82, 2.24) is 5.01 Å². The summed E-state index contributed by atoms with van der Waals surface area (Å²) in [6.45, 7) is 8.21. The minimum Gasteiger partial charge on any atom is -0.368 e. The Labute approximate surface area is 132 Å². The zero-order valence-corrected chi connectivity index (χ0v) is 13.4. The average Bonchev–Trinajstić information content (AvgIpc) is 2.56. The van der Waals surface area contributed by atoms with Crippen LogP contribution in [-0.2, 0) is 0 Å². The fourth-order valence-corrected chi connectivity index (χ4v) is 2.63. The van der Waals surface area contributed by atoms with Gasteiger partial charge in [-0.15, -0.1) is 0 Å². The number of hydrogen-bond donors (Lipinski definition) is 0. The van der Waals surface area contributed by atoms with E-state index in [0.29, 0.717) is 0 Å². The average molecular weight is 293 g/mol. The predicted molar refractivity (Wildman–Crippen MR) is 93.7 cm³/mol. The van der Waals surface area contributed by atoms with Gasteiger partial charge >= 0.3 is 0 Å². The fraction of sp³-hybridized carbons (Fsp3) is 0.316. The first kappa shape index (κ1) is 14.6. The second-order valence-electron chi connectivity index (χ2n) is 5.93. The molecule has 2 aromatic carbocycles. The second kappa shape index (κ2) is 6.65. The normalized spacial score (nSPS) is 15.5. The van der Waals surface area contributed by atoms with Crippen molar-refractivity contribution < 1.29 is 0 Å². The molecule has 0 aliphatic carbocycles. The smallest absolute Gasteiger partial charge is 0.0542 e. The molecule has 3 heteroatoms. The molecule has 0 radical (unpaired) electrons. The maximum Gasteiger partial charge on any atom is 0.0542 e. The minimum atomic E-state index is 0.968. The third-order valence-corrected chi connectivity index (χ3v) is 4.10. The molecule has 22 heavy (non-hydrogen) atoms. The molecule has 0 aromatic heterocycles. The van der Waals surface area contributed by atoms with Gasteiger partial charge < -0.3 is 4.90 Å². The van der Waals surface area contributed by atoms with Crippen LogP contribution in [0.3, 0.4) is 0 Å². The molecule has 0 atom stereocenters. The van der Waals surface area contributed by atoms with Crippen molar-refractivity contribution >= 4 is 11.9 Å². The number of hydrazone groups is 1. The van der Waals surface area contributed by atoms with Gasteiger partial charge in [0.2, 0.25) is 0 Å². The second-order valence-corrected chi connectivity index (χ2v) is 5.93. The Hall–Kier alpha value is -2.29. The topological polar surface area (TPSA) is 18.8 Å². The molecule has 0 bridgehead atoms. The third-order valence-electron chi connectivity index (χ3n) is 4.10. The summed E-state index contributed by atoms with van der Waals surface area (Å²) >= 11 is 0. The van der Waals surface area contributed by atoms with Crippen LogP contribution >= 0.6 is 0 Å². The van der Waals surface area contributed by atoms with Gasteiger partial charge in [0.1, 0.15) is 0 Å². The summed E-state index contributed by atoms with van der Waals surface area (Å²) in [5.41, 5.74) is 5.06. The monoisotopic (exact) mass is 293 g/mol. The molecule has 0 amide bonds. The predicted octanol–water partition coefficient (Wildman–Crippen LogP) is 3.46. The summed E-state index contributed by atoms with van der Waals surface area (Å²) in [6, 6.07) is 17.2. The number of aryl methyl sites for hydroxylation is 2. The first-order valence-corrected chi connectivity index (χ1v) is 7.88. The van der Waals surface area contributed by atoms with E-state index >= 15 is 0 Å². The molecule has 1 saturated heterocycles. The van der Waals surface area contributed by atoms with Gasteiger partial charge in [0, 0.05) is 18.8 Å². The minimum absolute atomic E-state index is 0.968. The lowest BCUT2D eigenvalue weighted by Gasteiger charge is -2.34. The molecule has 0 unspecified atom stereocenters. The Morgan fingerprint density at radius 1 is 0.773 bits per heavy atom. The number of rotatable bonds is 3. The Morgan fingerprint density at radius 3 is 1.91 bits per heavy atom. The van der Waals surface area contributed by atoms with Crippen LogP contribution in [-0.4, -0.2) is 37.4 Å². The first-order chi connectivity index (χ1) is 10.7. The van der Waals surface area contributed by atoms with Crippen LogP contribution in [0.5, 0.6) is 0 Å². The van der Waals surface area contributed by atoms with E-state index in [1.807, 2.05) is 6.21 Å². The zero-order chi connectivity index (χ0) is 15.4. The summed E-state index contributed by atoms with van der Waals surface area (Å²) < 4.78 is 0. The summed E-state index contributed by atoms with van der Waals surface area (Å²) in [7, 11) is 0. The van der Waals surface area contributed by atoms with Gasteiger partial charge in [0.15, 0.2) is 0 Å². The van der Waals surface area contributed by atoms with Gasteiger partial charge in [-0.3, -0.25) is 5.01 Å². The SMILES string of the molecule is Cc1ccc(C=NN2CCN(c3ccc(C)cc3)CC2)cc1. The van der Waals surface area contributed by atoms with Gasteiger partial charge in [-0.2, -0.15) is 5.10 Å². The molecule has 114 valence electrons. The van der Waals surface area contributed by atoms with Crippen LogP contribution in [0.2, 0.25) is 0 Å². The lowest BCUT2D eigenvalue weighted by atomic mass is 10.2. The molecule has 3 rings (SSSR count). The van der Waals surface area contributed by atoms with Gasteiger partial charge in [0.25, 0.3) is 0 Å². The maximum absolute atomic E-state index is 4.61. The van der Waals surface area contributed by atoms with Crippen molar-refractivity contribution in [3.63, 3.8) is 0 Å². The summed E-state index contributed by atoms with van der Waals surface area (Å²) in [6.07, 6.45) is 1.96. The van der Waals surface area contributed by atoms with E-state index < -0.39 is 0 Å². The number of nitrogens with zero attached hydrogens (tertiary/aromatic N) is 3. The molecule has 1 heterocycles. The van der Waals surface area contributed by atoms with Gasteiger partial charge in [-0.05, 0) is 31.5 Å². The Morgan fingerprint density at radius 2 is 1.32 bits per heavy atom. The lowest BCUT2D eigenvalue weighted by Crippen LogP contribution is -2.44. The molecular formula is C19H23N3. The van der Waals surface area contributed by atoms with Gasteiger partial charge in [0.05, 0.1) is 19.3 Å². The fourth-order valence-electron chi connectivity index (χ4n) is 2.63. The van der Waals surface area contributed by atoms with Gasteiger partial charge in [-0.25, -0.2) is 0 Å². The first-order valence-electron chi connectivity index (χ1n) is 7.88. The Kier molecular flexibility index (Phi) is 4.42. The molecule has 3 nitrogen and oxygen atoms in total. The third kappa shape index (κ3) is 3.67. The summed E-state index contributed by atoms with van der Waals surface area (Å²) in [5, 5.41) is 6.76. The quantitative estimate of drug-likeness (QED) is 0.807. The number of hydrogen-bond acceptors (Lipinski definition) is 3. The molecule has 1 aliphatic heterocycles. The Bertz CT molecular complexity index is 621. The number of piperazine rings is 1. The van der Waals surface area contributed by atoms with Crippen molar-refractivity contribution in [2.75, 3.05) is 31.1 Å². The van der Waals surface area contributed by atoms with Crippen molar-refractivity contribution in [2.24, 2.45) is 5.10 Å². The van der Waals surface area contributed by atoms with E-state index in [9.17, 15) is 0 Å². The van der Waals surface area contributed by atoms with Crippen LogP contribution in [0.15, 0.2) is 53.6 Å². The van der Waals surface area contributed by atoms with E-state index in [-0.39, 0.29) is 0 Å². The van der Waals surface area contributed by atoms with E-state index in [1.165, 1.54) is 16.8 Å². The van der Waals surface area contributed by atoms with Crippen LogP contribution in [0.4, 0.5) is 5.69 Å². The highest BCUT2D eigenvalue weighted by molar-refractivity contribution is 5.79. The molecule has 2 aromatic rings. The molecule has 0 saturated carbocycles. The molecule has 1 aliphatic rings. The van der Waals surface area contributed by atoms with Crippen LogP contribution in [0.1, 0.15) is 16.7 Å². The van der Waals surface area contributed by atoms with E-state index in [1.54, 1.807) is 0 Å². The van der Waals surface area contributed by atoms with E-state index in [4.69, 9.17) is 0 Å². The highest BCUT2D eigenvalue weighted by Gasteiger charge is 2.15. The summed E-state index contributed by atoms with van der Waals surface area (Å²) in [4.78, 5) is 2.43. The largest absolute Gasteiger partial charge is 0.368 e. The van der Waals surface area contributed by atoms with Crippen molar-refractivity contribution in [3.8, 4) is 0 Å². The van der Waals surface area contributed by atoms with Crippen LogP contribution in [0.25, 0.3) is 0 Å². The Balaban J connectivity index is 1.55. The number of anilines is 1. The highest BCUT2D eigenvalue weighted by atomic mass is 15.5. The molecule has 0 N–H and O–H groups in total. The van der Waals surface area contributed by atoms with E-state index in [0.717, 1.165) is 31.7 Å².